The molecule has 0 bridgehead atoms. The average Bonchev–Trinajstić information content (AvgIpc) is 3.09. The smallest absolute Gasteiger partial charge is 0.181 e. The van der Waals surface area contributed by atoms with Gasteiger partial charge in [0.2, 0.25) is 0 Å². The maximum atomic E-state index is 5.57. The summed E-state index contributed by atoms with van der Waals surface area (Å²) < 4.78 is 0. The molecule has 0 saturated heterocycles. The van der Waals surface area contributed by atoms with E-state index in [9.17, 15) is 0 Å². The lowest BCUT2D eigenvalue weighted by Crippen LogP contribution is -1.95. The van der Waals surface area contributed by atoms with Gasteiger partial charge in [0.25, 0.3) is 0 Å². The third-order valence-corrected chi connectivity index (χ3v) is 3.56. The fourth-order valence-corrected chi connectivity index (χ4v) is 2.37. The molecule has 3 aromatic rings. The van der Waals surface area contributed by atoms with Crippen molar-refractivity contribution in [3.63, 3.8) is 0 Å². The lowest BCUT2D eigenvalue weighted by Gasteiger charge is -1.97. The van der Waals surface area contributed by atoms with Crippen molar-refractivity contribution in [3.8, 4) is 22.1 Å². The first-order chi connectivity index (χ1) is 8.86. The maximum absolute atomic E-state index is 5.57. The second-order valence-corrected chi connectivity index (χ2v) is 4.83. The van der Waals surface area contributed by atoms with Crippen molar-refractivity contribution in [1.82, 2.24) is 15.2 Å². The second-order valence-electron chi connectivity index (χ2n) is 3.89. The van der Waals surface area contributed by atoms with Crippen LogP contribution in [-0.4, -0.2) is 15.2 Å². The molecule has 2 aromatic heterocycles. The van der Waals surface area contributed by atoms with Gasteiger partial charge in [-0.1, -0.05) is 30.3 Å². The summed E-state index contributed by atoms with van der Waals surface area (Å²) in [4.78, 5) is 5.58. The predicted octanol–water partition coefficient (Wildman–Crippen LogP) is 2.66. The molecule has 0 fully saturated rings. The quantitative estimate of drug-likeness (QED) is 0.757. The number of nitrogens with zero attached hydrogens (tertiary/aromatic N) is 2. The Balaban J connectivity index is 1.92. The van der Waals surface area contributed by atoms with E-state index in [1.807, 2.05) is 41.8 Å². The number of nitrogens with two attached hydrogens (primary N) is 1. The summed E-state index contributed by atoms with van der Waals surface area (Å²) in [6.45, 7) is 0.550. The van der Waals surface area contributed by atoms with Gasteiger partial charge >= 0.3 is 0 Å². The van der Waals surface area contributed by atoms with Gasteiger partial charge in [-0.25, -0.2) is 4.98 Å². The van der Waals surface area contributed by atoms with Gasteiger partial charge in [0, 0.05) is 12.1 Å². The van der Waals surface area contributed by atoms with Gasteiger partial charge in [0.05, 0.1) is 4.88 Å². The normalized spacial score (nSPS) is 10.7. The maximum Gasteiger partial charge on any atom is 0.181 e. The number of hydrogen-bond acceptors (Lipinski definition) is 4. The molecule has 3 N–H and O–H groups in total. The molecule has 2 heterocycles. The fraction of sp³-hybridized carbons (Fsp3) is 0.0769. The third kappa shape index (κ3) is 2.05. The first-order valence-corrected chi connectivity index (χ1v) is 6.50. The molecule has 0 spiro atoms. The lowest BCUT2D eigenvalue weighted by molar-refractivity contribution is 1.07. The van der Waals surface area contributed by atoms with Gasteiger partial charge in [0.15, 0.2) is 11.6 Å². The first-order valence-electron chi connectivity index (χ1n) is 5.62. The minimum atomic E-state index is 0.550. The van der Waals surface area contributed by atoms with Crippen LogP contribution in [0.1, 0.15) is 5.56 Å². The van der Waals surface area contributed by atoms with Crippen LogP contribution in [0.5, 0.6) is 0 Å². The van der Waals surface area contributed by atoms with Crippen LogP contribution in [-0.2, 0) is 6.54 Å². The van der Waals surface area contributed by atoms with E-state index in [0.717, 1.165) is 21.8 Å². The Morgan fingerprint density at radius 2 is 2.00 bits per heavy atom. The topological polar surface area (TPSA) is 67.6 Å². The highest BCUT2D eigenvalue weighted by Gasteiger charge is 2.07. The number of nitrogens with one attached hydrogen (secondary N) is 1. The Morgan fingerprint density at radius 3 is 2.67 bits per heavy atom. The van der Waals surface area contributed by atoms with E-state index >= 15 is 0 Å². The van der Waals surface area contributed by atoms with Crippen LogP contribution in [0.2, 0.25) is 0 Å². The van der Waals surface area contributed by atoms with Crippen LogP contribution < -0.4 is 5.73 Å². The van der Waals surface area contributed by atoms with Gasteiger partial charge in [-0.2, -0.15) is 5.10 Å². The van der Waals surface area contributed by atoms with Gasteiger partial charge in [-0.15, -0.1) is 11.3 Å². The average molecular weight is 256 g/mol. The Bertz CT molecular complexity index is 625. The molecule has 3 rings (SSSR count). The second kappa shape index (κ2) is 4.72. The third-order valence-electron chi connectivity index (χ3n) is 2.69. The van der Waals surface area contributed by atoms with Crippen LogP contribution in [0.15, 0.2) is 41.8 Å². The minimum Gasteiger partial charge on any atom is -0.326 e. The first kappa shape index (κ1) is 11.1. The number of thiophene rings is 1. The van der Waals surface area contributed by atoms with E-state index in [1.165, 1.54) is 0 Å². The molecule has 0 atom stereocenters. The lowest BCUT2D eigenvalue weighted by atomic mass is 10.1. The minimum absolute atomic E-state index is 0.550. The summed E-state index contributed by atoms with van der Waals surface area (Å²) in [5, 5.41) is 9.22. The summed E-state index contributed by atoms with van der Waals surface area (Å²) in [5.41, 5.74) is 7.67. The molecule has 0 unspecified atom stereocenters. The molecule has 0 saturated carbocycles. The molecule has 0 amide bonds. The number of benzene rings is 1. The van der Waals surface area contributed by atoms with E-state index in [-0.39, 0.29) is 0 Å². The molecular formula is C13H12N4S. The number of hydrogen-bond donors (Lipinski definition) is 2. The van der Waals surface area contributed by atoms with Crippen molar-refractivity contribution in [2.24, 2.45) is 5.73 Å². The van der Waals surface area contributed by atoms with E-state index in [4.69, 9.17) is 5.73 Å². The van der Waals surface area contributed by atoms with Crippen molar-refractivity contribution in [2.45, 2.75) is 6.54 Å². The van der Waals surface area contributed by atoms with Crippen LogP contribution >= 0.6 is 11.3 Å². The fourth-order valence-electron chi connectivity index (χ4n) is 1.70. The Hall–Kier alpha value is -1.98. The van der Waals surface area contributed by atoms with Crippen molar-refractivity contribution in [3.05, 3.63) is 47.3 Å². The van der Waals surface area contributed by atoms with Gasteiger partial charge in [-0.3, -0.25) is 5.10 Å². The highest BCUT2D eigenvalue weighted by molar-refractivity contribution is 7.13. The summed E-state index contributed by atoms with van der Waals surface area (Å²) in [6, 6.07) is 12.0. The molecule has 0 radical (unpaired) electrons. The van der Waals surface area contributed by atoms with Crippen LogP contribution in [0, 0.1) is 0 Å². The standard InChI is InChI=1S/C13H12N4S/c14-8-9-3-5-10(6-4-9)12-15-13(17-16-12)11-2-1-7-18-11/h1-7H,8,14H2,(H,15,16,17). The molecule has 0 aliphatic heterocycles. The van der Waals surface area contributed by atoms with Gasteiger partial charge in [-0.05, 0) is 17.0 Å². The molecule has 90 valence electrons. The zero-order valence-corrected chi connectivity index (χ0v) is 10.4. The number of H-pyrrole nitrogens is 1. The van der Waals surface area contributed by atoms with Crippen LogP contribution in [0.25, 0.3) is 22.1 Å². The van der Waals surface area contributed by atoms with Crippen molar-refractivity contribution >= 4 is 11.3 Å². The number of aromatic amines is 1. The van der Waals surface area contributed by atoms with Gasteiger partial charge in [0.1, 0.15) is 0 Å². The number of aromatic nitrogens is 3. The zero-order valence-electron chi connectivity index (χ0n) is 9.63. The Labute approximate surface area is 109 Å². The predicted molar refractivity (Wildman–Crippen MR) is 73.0 cm³/mol. The van der Waals surface area contributed by atoms with Crippen molar-refractivity contribution in [2.75, 3.05) is 0 Å². The number of rotatable bonds is 3. The van der Waals surface area contributed by atoms with Crippen LogP contribution in [0.3, 0.4) is 0 Å². The molecule has 1 aromatic carbocycles. The summed E-state index contributed by atoms with van der Waals surface area (Å²) in [6.07, 6.45) is 0. The van der Waals surface area contributed by atoms with Crippen molar-refractivity contribution < 1.29 is 0 Å². The monoisotopic (exact) mass is 256 g/mol. The summed E-state index contributed by atoms with van der Waals surface area (Å²) in [7, 11) is 0. The molecule has 0 aliphatic carbocycles. The highest BCUT2D eigenvalue weighted by Crippen LogP contribution is 2.23. The SMILES string of the molecule is NCc1ccc(-c2n[nH]c(-c3cccs3)n2)cc1. The Kier molecular flexibility index (Phi) is 2.92. The van der Waals surface area contributed by atoms with E-state index in [1.54, 1.807) is 11.3 Å². The van der Waals surface area contributed by atoms with E-state index in [0.29, 0.717) is 12.4 Å². The molecule has 4 nitrogen and oxygen atoms in total. The molecule has 18 heavy (non-hydrogen) atoms. The zero-order chi connectivity index (χ0) is 12.4. The molecule has 0 aliphatic rings. The van der Waals surface area contributed by atoms with Crippen molar-refractivity contribution in [1.29, 1.82) is 0 Å². The molecular weight excluding hydrogens is 244 g/mol. The van der Waals surface area contributed by atoms with Gasteiger partial charge < -0.3 is 5.73 Å². The summed E-state index contributed by atoms with van der Waals surface area (Å²) in [5.74, 6) is 1.52. The molecule has 5 heteroatoms. The Morgan fingerprint density at radius 1 is 1.17 bits per heavy atom. The summed E-state index contributed by atoms with van der Waals surface area (Å²) >= 11 is 1.64. The van der Waals surface area contributed by atoms with E-state index < -0.39 is 0 Å². The van der Waals surface area contributed by atoms with E-state index in [2.05, 4.69) is 15.2 Å². The highest BCUT2D eigenvalue weighted by atomic mass is 32.1. The van der Waals surface area contributed by atoms with Crippen LogP contribution in [0.4, 0.5) is 0 Å². The largest absolute Gasteiger partial charge is 0.326 e.